The van der Waals surface area contributed by atoms with Gasteiger partial charge in [0, 0.05) is 11.6 Å². The molecule has 116 valence electrons. The van der Waals surface area contributed by atoms with E-state index >= 15 is 0 Å². The van der Waals surface area contributed by atoms with Gasteiger partial charge in [-0.2, -0.15) is 0 Å². The van der Waals surface area contributed by atoms with Crippen LogP contribution in [0.5, 0.6) is 0 Å². The van der Waals surface area contributed by atoms with Crippen molar-refractivity contribution in [2.24, 2.45) is 0 Å². The van der Waals surface area contributed by atoms with Crippen molar-refractivity contribution in [1.82, 2.24) is 15.1 Å². The SMILES string of the molecule is CCCNC(C)(CO)CC(C)N(C)CCCN(C)C. The van der Waals surface area contributed by atoms with Crippen LogP contribution in [0, 0.1) is 0 Å². The number of aliphatic hydroxyl groups excluding tert-OH is 1. The molecule has 0 aliphatic heterocycles. The molecule has 0 radical (unpaired) electrons. The van der Waals surface area contributed by atoms with Gasteiger partial charge in [0.2, 0.25) is 0 Å². The Hall–Kier alpha value is -0.160. The number of hydrogen-bond acceptors (Lipinski definition) is 4. The molecule has 0 aliphatic carbocycles. The first-order valence-corrected chi connectivity index (χ1v) is 7.55. The molecule has 0 rings (SSSR count). The van der Waals surface area contributed by atoms with Gasteiger partial charge in [-0.15, -0.1) is 0 Å². The van der Waals surface area contributed by atoms with E-state index in [1.165, 1.54) is 6.42 Å². The van der Waals surface area contributed by atoms with Crippen molar-refractivity contribution < 1.29 is 5.11 Å². The zero-order valence-corrected chi connectivity index (χ0v) is 13.9. The molecule has 0 aliphatic rings. The van der Waals surface area contributed by atoms with E-state index in [0.29, 0.717) is 6.04 Å². The van der Waals surface area contributed by atoms with E-state index in [2.05, 4.69) is 57.0 Å². The molecule has 4 heteroatoms. The van der Waals surface area contributed by atoms with E-state index in [-0.39, 0.29) is 12.1 Å². The molecular weight excluding hydrogens is 238 g/mol. The van der Waals surface area contributed by atoms with Gasteiger partial charge in [0.05, 0.1) is 6.61 Å². The minimum Gasteiger partial charge on any atom is -0.394 e. The third-order valence-corrected chi connectivity index (χ3v) is 3.77. The summed E-state index contributed by atoms with van der Waals surface area (Å²) >= 11 is 0. The van der Waals surface area contributed by atoms with Crippen LogP contribution in [-0.2, 0) is 0 Å². The lowest BCUT2D eigenvalue weighted by Crippen LogP contribution is -2.50. The average molecular weight is 273 g/mol. The summed E-state index contributed by atoms with van der Waals surface area (Å²) in [5.41, 5.74) is -0.161. The molecule has 0 saturated carbocycles. The van der Waals surface area contributed by atoms with E-state index in [0.717, 1.165) is 32.5 Å². The van der Waals surface area contributed by atoms with Gasteiger partial charge in [0.15, 0.2) is 0 Å². The highest BCUT2D eigenvalue weighted by atomic mass is 16.3. The van der Waals surface area contributed by atoms with Gasteiger partial charge in [-0.1, -0.05) is 6.92 Å². The summed E-state index contributed by atoms with van der Waals surface area (Å²) in [6.07, 6.45) is 3.26. The van der Waals surface area contributed by atoms with Gasteiger partial charge in [-0.05, 0) is 73.9 Å². The monoisotopic (exact) mass is 273 g/mol. The van der Waals surface area contributed by atoms with Crippen LogP contribution in [-0.4, -0.2) is 73.9 Å². The Kier molecular flexibility index (Phi) is 9.62. The topological polar surface area (TPSA) is 38.7 Å². The maximum atomic E-state index is 9.60. The molecule has 0 saturated heterocycles. The van der Waals surface area contributed by atoms with Crippen LogP contribution >= 0.6 is 0 Å². The van der Waals surface area contributed by atoms with E-state index in [1.807, 2.05) is 0 Å². The van der Waals surface area contributed by atoms with E-state index in [1.54, 1.807) is 0 Å². The lowest BCUT2D eigenvalue weighted by Gasteiger charge is -2.35. The molecular formula is C15H35N3O. The first kappa shape index (κ1) is 18.8. The molecule has 0 aromatic carbocycles. The van der Waals surface area contributed by atoms with Crippen molar-refractivity contribution in [3.63, 3.8) is 0 Å². The summed E-state index contributed by atoms with van der Waals surface area (Å²) in [7, 11) is 6.40. The Labute approximate surface area is 120 Å². The Balaban J connectivity index is 4.12. The molecule has 4 nitrogen and oxygen atoms in total. The normalized spacial score (nSPS) is 16.9. The first-order chi connectivity index (χ1) is 8.84. The summed E-state index contributed by atoms with van der Waals surface area (Å²) in [5, 5.41) is 13.1. The predicted molar refractivity (Wildman–Crippen MR) is 83.7 cm³/mol. The molecule has 0 bridgehead atoms. The second-order valence-corrected chi connectivity index (χ2v) is 6.34. The van der Waals surface area contributed by atoms with Crippen LogP contribution in [0.3, 0.4) is 0 Å². The van der Waals surface area contributed by atoms with Crippen LogP contribution in [0.4, 0.5) is 0 Å². The van der Waals surface area contributed by atoms with Crippen LogP contribution in [0.25, 0.3) is 0 Å². The van der Waals surface area contributed by atoms with Crippen molar-refractivity contribution in [2.75, 3.05) is 47.4 Å². The minimum atomic E-state index is -0.161. The van der Waals surface area contributed by atoms with Crippen molar-refractivity contribution in [3.05, 3.63) is 0 Å². The van der Waals surface area contributed by atoms with Gasteiger partial charge in [-0.3, -0.25) is 0 Å². The highest BCUT2D eigenvalue weighted by Gasteiger charge is 2.26. The molecule has 2 unspecified atom stereocenters. The van der Waals surface area contributed by atoms with Crippen LogP contribution < -0.4 is 5.32 Å². The smallest absolute Gasteiger partial charge is 0.0611 e. The molecule has 2 atom stereocenters. The molecule has 0 spiro atoms. The Morgan fingerprint density at radius 2 is 1.84 bits per heavy atom. The highest BCUT2D eigenvalue weighted by molar-refractivity contribution is 4.86. The van der Waals surface area contributed by atoms with E-state index < -0.39 is 0 Å². The summed E-state index contributed by atoms with van der Waals surface area (Å²) in [6.45, 7) is 9.92. The molecule has 0 aromatic heterocycles. The zero-order chi connectivity index (χ0) is 14.9. The highest BCUT2D eigenvalue weighted by Crippen LogP contribution is 2.15. The lowest BCUT2D eigenvalue weighted by molar-refractivity contribution is 0.125. The quantitative estimate of drug-likeness (QED) is 0.597. The zero-order valence-electron chi connectivity index (χ0n) is 13.9. The summed E-state index contributed by atoms with van der Waals surface area (Å²) < 4.78 is 0. The lowest BCUT2D eigenvalue weighted by atomic mass is 9.93. The largest absolute Gasteiger partial charge is 0.394 e. The van der Waals surface area contributed by atoms with E-state index in [9.17, 15) is 5.11 Å². The van der Waals surface area contributed by atoms with Crippen LogP contribution in [0.1, 0.15) is 40.0 Å². The van der Waals surface area contributed by atoms with Gasteiger partial charge in [0.25, 0.3) is 0 Å². The average Bonchev–Trinajstić information content (AvgIpc) is 2.35. The van der Waals surface area contributed by atoms with Crippen LogP contribution in [0.2, 0.25) is 0 Å². The van der Waals surface area contributed by atoms with Crippen molar-refractivity contribution in [3.8, 4) is 0 Å². The molecule has 2 N–H and O–H groups in total. The van der Waals surface area contributed by atoms with E-state index in [4.69, 9.17) is 0 Å². The van der Waals surface area contributed by atoms with Crippen molar-refractivity contribution in [1.29, 1.82) is 0 Å². The number of aliphatic hydroxyl groups is 1. The molecule has 0 fully saturated rings. The fourth-order valence-electron chi connectivity index (χ4n) is 2.28. The Bertz CT molecular complexity index is 223. The minimum absolute atomic E-state index is 0.161. The van der Waals surface area contributed by atoms with Crippen molar-refractivity contribution in [2.45, 2.75) is 51.6 Å². The Morgan fingerprint density at radius 3 is 2.32 bits per heavy atom. The standard InChI is InChI=1S/C15H35N3O/c1-7-9-16-15(3,13-19)12-14(2)18(6)11-8-10-17(4)5/h14,16,19H,7-13H2,1-6H3. The van der Waals surface area contributed by atoms with Crippen molar-refractivity contribution >= 4 is 0 Å². The van der Waals surface area contributed by atoms with Gasteiger partial charge < -0.3 is 20.2 Å². The van der Waals surface area contributed by atoms with Gasteiger partial charge in [0.1, 0.15) is 0 Å². The molecule has 0 aromatic rings. The second kappa shape index (κ2) is 9.70. The van der Waals surface area contributed by atoms with Gasteiger partial charge >= 0.3 is 0 Å². The third-order valence-electron chi connectivity index (χ3n) is 3.77. The third kappa shape index (κ3) is 8.58. The first-order valence-electron chi connectivity index (χ1n) is 7.55. The number of nitrogens with one attached hydrogen (secondary N) is 1. The Morgan fingerprint density at radius 1 is 1.21 bits per heavy atom. The maximum absolute atomic E-state index is 9.60. The number of hydrogen-bond donors (Lipinski definition) is 2. The molecule has 19 heavy (non-hydrogen) atoms. The summed E-state index contributed by atoms with van der Waals surface area (Å²) in [5.74, 6) is 0. The fraction of sp³-hybridized carbons (Fsp3) is 1.00. The van der Waals surface area contributed by atoms with Crippen LogP contribution in [0.15, 0.2) is 0 Å². The summed E-state index contributed by atoms with van der Waals surface area (Å²) in [6, 6.07) is 0.476. The number of rotatable bonds is 11. The predicted octanol–water partition coefficient (Wildman–Crippen LogP) is 1.40. The van der Waals surface area contributed by atoms with Gasteiger partial charge in [-0.25, -0.2) is 0 Å². The molecule has 0 amide bonds. The maximum Gasteiger partial charge on any atom is 0.0611 e. The molecule has 0 heterocycles. The second-order valence-electron chi connectivity index (χ2n) is 6.34. The summed E-state index contributed by atoms with van der Waals surface area (Å²) in [4.78, 5) is 4.62. The number of nitrogens with zero attached hydrogens (tertiary/aromatic N) is 2. The fourth-order valence-corrected chi connectivity index (χ4v) is 2.28.